The zero-order valence-corrected chi connectivity index (χ0v) is 11.3. The topological polar surface area (TPSA) is 50.4 Å². The van der Waals surface area contributed by atoms with Gasteiger partial charge >= 0.3 is 0 Å². The third kappa shape index (κ3) is 5.68. The molecule has 100 valence electrons. The quantitative estimate of drug-likeness (QED) is 0.774. The predicted octanol–water partition coefficient (Wildman–Crippen LogP) is 1.70. The number of hydrogen-bond acceptors (Lipinski definition) is 3. The van der Waals surface area contributed by atoms with E-state index in [1.807, 2.05) is 45.2 Å². The predicted molar refractivity (Wildman–Crippen MR) is 72.6 cm³/mol. The van der Waals surface area contributed by atoms with E-state index in [0.717, 1.165) is 11.3 Å². The van der Waals surface area contributed by atoms with Crippen molar-refractivity contribution in [1.29, 1.82) is 0 Å². The molecule has 1 aromatic rings. The Morgan fingerprint density at radius 1 is 1.28 bits per heavy atom. The average Bonchev–Trinajstić information content (AvgIpc) is 2.35. The third-order valence-electron chi connectivity index (χ3n) is 2.39. The lowest BCUT2D eigenvalue weighted by molar-refractivity contribution is -0.121. The van der Waals surface area contributed by atoms with Crippen LogP contribution in [0, 0.1) is 0 Å². The van der Waals surface area contributed by atoms with Crippen molar-refractivity contribution in [3.63, 3.8) is 0 Å². The fraction of sp³-hybridized carbons (Fsp3) is 0.500. The van der Waals surface area contributed by atoms with Crippen LogP contribution in [0.2, 0.25) is 0 Å². The van der Waals surface area contributed by atoms with Gasteiger partial charge in [-0.25, -0.2) is 0 Å². The number of carbonyl (C=O) groups excluding carboxylic acids is 1. The largest absolute Gasteiger partial charge is 0.491 e. The lowest BCUT2D eigenvalue weighted by atomic mass is 10.2. The van der Waals surface area contributed by atoms with E-state index in [0.29, 0.717) is 19.5 Å². The van der Waals surface area contributed by atoms with Gasteiger partial charge in [-0.2, -0.15) is 0 Å². The van der Waals surface area contributed by atoms with E-state index < -0.39 is 0 Å². The molecule has 1 amide bonds. The van der Waals surface area contributed by atoms with Crippen molar-refractivity contribution in [2.24, 2.45) is 0 Å². The first-order valence-corrected chi connectivity index (χ1v) is 6.28. The molecule has 2 N–H and O–H groups in total. The lowest BCUT2D eigenvalue weighted by Gasteiger charge is -2.10. The van der Waals surface area contributed by atoms with Crippen molar-refractivity contribution in [3.8, 4) is 5.75 Å². The summed E-state index contributed by atoms with van der Waals surface area (Å²) in [5.41, 5.74) is 1.07. The van der Waals surface area contributed by atoms with Gasteiger partial charge in [-0.05, 0) is 38.6 Å². The standard InChI is InChI=1S/C14H22N2O2/c1-11(2)18-13-6-4-12(5-7-13)10-16-14(17)8-9-15-3/h4-7,11,15H,8-10H2,1-3H3,(H,16,17). The van der Waals surface area contributed by atoms with Crippen molar-refractivity contribution < 1.29 is 9.53 Å². The number of carbonyl (C=O) groups is 1. The third-order valence-corrected chi connectivity index (χ3v) is 2.39. The highest BCUT2D eigenvalue weighted by Crippen LogP contribution is 2.13. The van der Waals surface area contributed by atoms with Crippen LogP contribution in [0.1, 0.15) is 25.8 Å². The van der Waals surface area contributed by atoms with Crippen LogP contribution in [0.5, 0.6) is 5.75 Å². The van der Waals surface area contributed by atoms with Gasteiger partial charge in [-0.3, -0.25) is 4.79 Å². The maximum atomic E-state index is 11.4. The normalized spacial score (nSPS) is 10.4. The molecule has 0 spiro atoms. The summed E-state index contributed by atoms with van der Waals surface area (Å²) in [6.07, 6.45) is 0.683. The van der Waals surface area contributed by atoms with Crippen LogP contribution >= 0.6 is 0 Å². The Bertz CT molecular complexity index is 361. The van der Waals surface area contributed by atoms with Gasteiger partial charge in [0.15, 0.2) is 0 Å². The van der Waals surface area contributed by atoms with Crippen LogP contribution in [0.4, 0.5) is 0 Å². The Labute approximate surface area is 109 Å². The minimum atomic E-state index is 0.0619. The fourth-order valence-corrected chi connectivity index (χ4v) is 1.49. The molecule has 0 heterocycles. The van der Waals surface area contributed by atoms with Gasteiger partial charge < -0.3 is 15.4 Å². The molecule has 0 aliphatic heterocycles. The number of benzene rings is 1. The van der Waals surface area contributed by atoms with Crippen molar-refractivity contribution in [1.82, 2.24) is 10.6 Å². The number of rotatable bonds is 7. The molecular weight excluding hydrogens is 228 g/mol. The molecule has 0 bridgehead atoms. The smallest absolute Gasteiger partial charge is 0.221 e. The number of ether oxygens (including phenoxy) is 1. The summed E-state index contributed by atoms with van der Waals surface area (Å²) < 4.78 is 5.55. The molecule has 0 atom stereocenters. The molecule has 1 rings (SSSR count). The van der Waals surface area contributed by atoms with Crippen LogP contribution < -0.4 is 15.4 Å². The zero-order valence-electron chi connectivity index (χ0n) is 11.3. The Morgan fingerprint density at radius 2 is 1.94 bits per heavy atom. The molecule has 0 aromatic heterocycles. The summed E-state index contributed by atoms with van der Waals surface area (Å²) in [4.78, 5) is 11.4. The van der Waals surface area contributed by atoms with Gasteiger partial charge in [0.2, 0.25) is 5.91 Å². The minimum absolute atomic E-state index is 0.0619. The fourth-order valence-electron chi connectivity index (χ4n) is 1.49. The van der Waals surface area contributed by atoms with Crippen molar-refractivity contribution in [3.05, 3.63) is 29.8 Å². The second kappa shape index (κ2) is 7.71. The van der Waals surface area contributed by atoms with Crippen LogP contribution in [0.15, 0.2) is 24.3 Å². The van der Waals surface area contributed by atoms with Gasteiger partial charge in [-0.15, -0.1) is 0 Å². The summed E-state index contributed by atoms with van der Waals surface area (Å²) in [5, 5.41) is 5.82. The molecule has 0 saturated heterocycles. The van der Waals surface area contributed by atoms with E-state index in [1.54, 1.807) is 0 Å². The number of hydrogen-bond donors (Lipinski definition) is 2. The highest BCUT2D eigenvalue weighted by Gasteiger charge is 2.01. The highest BCUT2D eigenvalue weighted by atomic mass is 16.5. The Morgan fingerprint density at radius 3 is 2.50 bits per heavy atom. The van der Waals surface area contributed by atoms with E-state index in [2.05, 4.69) is 10.6 Å². The summed E-state index contributed by atoms with van der Waals surface area (Å²) in [6, 6.07) is 7.79. The van der Waals surface area contributed by atoms with E-state index in [9.17, 15) is 4.79 Å². The molecule has 0 radical (unpaired) electrons. The maximum absolute atomic E-state index is 11.4. The molecule has 0 aliphatic carbocycles. The van der Waals surface area contributed by atoms with Crippen molar-refractivity contribution >= 4 is 5.91 Å². The van der Waals surface area contributed by atoms with E-state index in [1.165, 1.54) is 0 Å². The van der Waals surface area contributed by atoms with Gasteiger partial charge in [0.1, 0.15) is 5.75 Å². The molecule has 0 aliphatic rings. The molecule has 4 nitrogen and oxygen atoms in total. The van der Waals surface area contributed by atoms with Crippen molar-refractivity contribution in [2.45, 2.75) is 32.9 Å². The first-order chi connectivity index (χ1) is 8.61. The van der Waals surface area contributed by atoms with E-state index >= 15 is 0 Å². The molecule has 0 fully saturated rings. The Balaban J connectivity index is 2.37. The molecule has 0 unspecified atom stereocenters. The van der Waals surface area contributed by atoms with Gasteiger partial charge in [-0.1, -0.05) is 12.1 Å². The molecule has 18 heavy (non-hydrogen) atoms. The van der Waals surface area contributed by atoms with Gasteiger partial charge in [0.05, 0.1) is 6.10 Å². The zero-order chi connectivity index (χ0) is 13.4. The summed E-state index contributed by atoms with van der Waals surface area (Å²) in [5.74, 6) is 0.919. The van der Waals surface area contributed by atoms with Crippen LogP contribution in [-0.2, 0) is 11.3 Å². The van der Waals surface area contributed by atoms with Crippen LogP contribution in [0.3, 0.4) is 0 Å². The summed E-state index contributed by atoms with van der Waals surface area (Å²) in [7, 11) is 1.83. The average molecular weight is 250 g/mol. The summed E-state index contributed by atoms with van der Waals surface area (Å²) >= 11 is 0. The second-order valence-electron chi connectivity index (χ2n) is 4.44. The molecule has 0 saturated carbocycles. The first-order valence-electron chi connectivity index (χ1n) is 6.28. The maximum Gasteiger partial charge on any atom is 0.221 e. The lowest BCUT2D eigenvalue weighted by Crippen LogP contribution is -2.26. The van der Waals surface area contributed by atoms with Crippen LogP contribution in [-0.4, -0.2) is 25.6 Å². The van der Waals surface area contributed by atoms with E-state index in [-0.39, 0.29) is 12.0 Å². The number of nitrogens with one attached hydrogen (secondary N) is 2. The highest BCUT2D eigenvalue weighted by molar-refractivity contribution is 5.76. The van der Waals surface area contributed by atoms with E-state index in [4.69, 9.17) is 4.74 Å². The van der Waals surface area contributed by atoms with Gasteiger partial charge in [0, 0.05) is 19.5 Å². The van der Waals surface area contributed by atoms with Crippen molar-refractivity contribution in [2.75, 3.05) is 13.6 Å². The van der Waals surface area contributed by atoms with Crippen LogP contribution in [0.25, 0.3) is 0 Å². The molecular formula is C14H22N2O2. The minimum Gasteiger partial charge on any atom is -0.491 e. The Hall–Kier alpha value is -1.55. The Kier molecular flexibility index (Phi) is 6.22. The first kappa shape index (κ1) is 14.5. The molecule has 1 aromatic carbocycles. The SMILES string of the molecule is CNCCC(=O)NCc1ccc(OC(C)C)cc1. The number of amides is 1. The molecule has 4 heteroatoms. The second-order valence-corrected chi connectivity index (χ2v) is 4.44. The monoisotopic (exact) mass is 250 g/mol. The summed E-state index contributed by atoms with van der Waals surface area (Å²) in [6.45, 7) is 5.25. The van der Waals surface area contributed by atoms with Gasteiger partial charge in [0.25, 0.3) is 0 Å².